The average Bonchev–Trinajstić information content (AvgIpc) is 3.10. The molecule has 0 heterocycles. The third-order valence-corrected chi connectivity index (χ3v) is 2.72. The van der Waals surface area contributed by atoms with Crippen molar-refractivity contribution in [3.63, 3.8) is 0 Å². The van der Waals surface area contributed by atoms with E-state index in [0.29, 0.717) is 5.92 Å². The van der Waals surface area contributed by atoms with Gasteiger partial charge in [-0.1, -0.05) is 30.3 Å². The Morgan fingerprint density at radius 3 is 2.29 bits per heavy atom. The summed E-state index contributed by atoms with van der Waals surface area (Å²) in [6.07, 6.45) is 2.36. The zero-order valence-electron chi connectivity index (χ0n) is 9.58. The number of nitrogens with zero attached hydrogens (tertiary/aromatic N) is 2. The summed E-state index contributed by atoms with van der Waals surface area (Å²) in [6, 6.07) is 10.1. The van der Waals surface area contributed by atoms with Crippen molar-refractivity contribution in [3.8, 4) is 0 Å². The molecule has 90 valence electrons. The molecule has 1 aromatic rings. The van der Waals surface area contributed by atoms with E-state index >= 15 is 0 Å². The first-order chi connectivity index (χ1) is 8.16. The first-order valence-electron chi connectivity index (χ1n) is 5.64. The molecular formula is C12H17N5. The Morgan fingerprint density at radius 2 is 1.76 bits per heavy atom. The molecule has 0 aliphatic heterocycles. The van der Waals surface area contributed by atoms with Crippen molar-refractivity contribution in [2.24, 2.45) is 33.1 Å². The second-order valence-corrected chi connectivity index (χ2v) is 4.22. The zero-order chi connectivity index (χ0) is 12.3. The molecular weight excluding hydrogens is 214 g/mol. The van der Waals surface area contributed by atoms with Crippen LogP contribution >= 0.6 is 0 Å². The predicted octanol–water partition coefficient (Wildman–Crippen LogP) is 0.726. The highest BCUT2D eigenvalue weighted by Gasteiger charge is 2.32. The first-order valence-corrected chi connectivity index (χ1v) is 5.64. The minimum Gasteiger partial charge on any atom is -0.370 e. The number of hydrogen-bond donors (Lipinski definition) is 3. The van der Waals surface area contributed by atoms with Crippen molar-refractivity contribution < 1.29 is 0 Å². The number of aliphatic imine (C=N–C) groups is 2. The van der Waals surface area contributed by atoms with Crippen LogP contribution in [0.4, 0.5) is 0 Å². The van der Waals surface area contributed by atoms with Gasteiger partial charge in [-0.2, -0.15) is 4.99 Å². The number of benzene rings is 1. The second kappa shape index (κ2) is 4.86. The monoisotopic (exact) mass is 231 g/mol. The van der Waals surface area contributed by atoms with Crippen LogP contribution in [0.3, 0.4) is 0 Å². The molecule has 0 saturated heterocycles. The molecule has 0 spiro atoms. The van der Waals surface area contributed by atoms with Crippen LogP contribution in [0.15, 0.2) is 40.3 Å². The zero-order valence-corrected chi connectivity index (χ0v) is 9.58. The highest BCUT2D eigenvalue weighted by atomic mass is 15.1. The van der Waals surface area contributed by atoms with E-state index in [0.717, 1.165) is 5.56 Å². The normalized spacial score (nSPS) is 17.5. The van der Waals surface area contributed by atoms with E-state index in [1.165, 1.54) is 12.8 Å². The molecule has 1 aliphatic carbocycles. The summed E-state index contributed by atoms with van der Waals surface area (Å²) >= 11 is 0. The maximum Gasteiger partial charge on any atom is 0.219 e. The molecule has 1 fully saturated rings. The van der Waals surface area contributed by atoms with E-state index in [9.17, 15) is 0 Å². The topological polar surface area (TPSA) is 103 Å². The van der Waals surface area contributed by atoms with E-state index in [2.05, 4.69) is 22.1 Å². The summed E-state index contributed by atoms with van der Waals surface area (Å²) in [5, 5.41) is 0. The minimum atomic E-state index is -0.0612. The molecule has 5 nitrogen and oxygen atoms in total. The van der Waals surface area contributed by atoms with Crippen molar-refractivity contribution in [2.75, 3.05) is 0 Å². The van der Waals surface area contributed by atoms with Gasteiger partial charge >= 0.3 is 0 Å². The Kier molecular flexibility index (Phi) is 3.27. The van der Waals surface area contributed by atoms with Gasteiger partial charge in [-0.3, -0.25) is 0 Å². The van der Waals surface area contributed by atoms with Crippen LogP contribution in [0.25, 0.3) is 0 Å². The molecule has 0 aromatic heterocycles. The van der Waals surface area contributed by atoms with Gasteiger partial charge in [-0.25, -0.2) is 4.99 Å². The van der Waals surface area contributed by atoms with Crippen molar-refractivity contribution in [1.82, 2.24) is 0 Å². The highest BCUT2D eigenvalue weighted by Crippen LogP contribution is 2.43. The Morgan fingerprint density at radius 1 is 1.12 bits per heavy atom. The number of guanidine groups is 2. The highest BCUT2D eigenvalue weighted by molar-refractivity contribution is 5.92. The fourth-order valence-electron chi connectivity index (χ4n) is 1.82. The van der Waals surface area contributed by atoms with Gasteiger partial charge in [0.1, 0.15) is 0 Å². The Bertz CT molecular complexity index is 429. The van der Waals surface area contributed by atoms with Gasteiger partial charge in [0, 0.05) is 0 Å². The van der Waals surface area contributed by atoms with Crippen LogP contribution in [0.2, 0.25) is 0 Å². The molecule has 17 heavy (non-hydrogen) atoms. The Balaban J connectivity index is 2.22. The molecule has 1 saturated carbocycles. The third kappa shape index (κ3) is 3.21. The van der Waals surface area contributed by atoms with Crippen molar-refractivity contribution in [2.45, 2.75) is 18.9 Å². The van der Waals surface area contributed by atoms with Crippen LogP contribution < -0.4 is 17.2 Å². The summed E-state index contributed by atoms with van der Waals surface area (Å²) in [5.41, 5.74) is 17.4. The van der Waals surface area contributed by atoms with Crippen LogP contribution in [0.5, 0.6) is 0 Å². The Labute approximate surface area is 100 Å². The number of hydrogen-bond acceptors (Lipinski definition) is 1. The van der Waals surface area contributed by atoms with Gasteiger partial charge in [0.2, 0.25) is 5.96 Å². The molecule has 6 N–H and O–H groups in total. The smallest absolute Gasteiger partial charge is 0.219 e. The van der Waals surface area contributed by atoms with Gasteiger partial charge in [0.05, 0.1) is 6.04 Å². The van der Waals surface area contributed by atoms with Crippen molar-refractivity contribution in [1.29, 1.82) is 0 Å². The Hall–Kier alpha value is -2.04. The van der Waals surface area contributed by atoms with Crippen LogP contribution in [-0.4, -0.2) is 11.9 Å². The van der Waals surface area contributed by atoms with Gasteiger partial charge in [-0.05, 0) is 24.3 Å². The molecule has 1 aromatic carbocycles. The fourth-order valence-corrected chi connectivity index (χ4v) is 1.82. The average molecular weight is 231 g/mol. The lowest BCUT2D eigenvalue weighted by atomic mass is 10.0. The summed E-state index contributed by atoms with van der Waals surface area (Å²) in [4.78, 5) is 8.15. The SMILES string of the molecule is NC(N)=NC(N)=NC(c1ccccc1)C1CC1. The predicted molar refractivity (Wildman–Crippen MR) is 69.3 cm³/mol. The largest absolute Gasteiger partial charge is 0.370 e. The van der Waals surface area contributed by atoms with Crippen LogP contribution in [-0.2, 0) is 0 Å². The quantitative estimate of drug-likeness (QED) is 0.527. The fraction of sp³-hybridized carbons (Fsp3) is 0.333. The minimum absolute atomic E-state index is 0.0612. The molecule has 5 heteroatoms. The molecule has 0 amide bonds. The van der Waals surface area contributed by atoms with E-state index in [1.807, 2.05) is 18.2 Å². The van der Waals surface area contributed by atoms with Gasteiger partial charge in [-0.15, -0.1) is 0 Å². The molecule has 1 atom stereocenters. The van der Waals surface area contributed by atoms with Crippen LogP contribution in [0, 0.1) is 5.92 Å². The maximum absolute atomic E-state index is 5.68. The summed E-state index contributed by atoms with van der Waals surface area (Å²) < 4.78 is 0. The molecule has 0 bridgehead atoms. The molecule has 2 rings (SSSR count). The van der Waals surface area contributed by atoms with E-state index in [1.54, 1.807) is 0 Å². The second-order valence-electron chi connectivity index (χ2n) is 4.22. The standard InChI is InChI=1S/C12H17N5/c13-11(14)17-12(15)16-10(9-6-7-9)8-4-2-1-3-5-8/h1-5,9-10H,6-7H2,(H6,13,14,15,16,17). The molecule has 0 radical (unpaired) electrons. The van der Waals surface area contributed by atoms with E-state index < -0.39 is 0 Å². The number of nitrogens with two attached hydrogens (primary N) is 3. The molecule has 1 unspecified atom stereocenters. The maximum atomic E-state index is 5.68. The van der Waals surface area contributed by atoms with E-state index in [4.69, 9.17) is 17.2 Å². The summed E-state index contributed by atoms with van der Waals surface area (Å²) in [6.45, 7) is 0. The third-order valence-electron chi connectivity index (χ3n) is 2.72. The first kappa shape index (κ1) is 11.4. The van der Waals surface area contributed by atoms with E-state index in [-0.39, 0.29) is 18.0 Å². The molecule has 1 aliphatic rings. The summed E-state index contributed by atoms with van der Waals surface area (Å²) in [5.74, 6) is 0.643. The lowest BCUT2D eigenvalue weighted by molar-refractivity contribution is 0.634. The van der Waals surface area contributed by atoms with Gasteiger partial charge in [0.25, 0.3) is 0 Å². The number of rotatable bonds is 3. The lowest BCUT2D eigenvalue weighted by Gasteiger charge is -2.11. The van der Waals surface area contributed by atoms with Crippen LogP contribution in [0.1, 0.15) is 24.4 Å². The van der Waals surface area contributed by atoms with Gasteiger partial charge in [0.15, 0.2) is 5.96 Å². The summed E-state index contributed by atoms with van der Waals surface area (Å²) in [7, 11) is 0. The lowest BCUT2D eigenvalue weighted by Crippen LogP contribution is -2.26. The van der Waals surface area contributed by atoms with Gasteiger partial charge < -0.3 is 17.2 Å². The van der Waals surface area contributed by atoms with Crippen molar-refractivity contribution >= 4 is 11.9 Å². The van der Waals surface area contributed by atoms with Crippen molar-refractivity contribution in [3.05, 3.63) is 35.9 Å².